The Hall–Kier alpha value is -1.51. The summed E-state index contributed by atoms with van der Waals surface area (Å²) in [6, 6.07) is 4.90. The van der Waals surface area contributed by atoms with Crippen molar-refractivity contribution in [1.82, 2.24) is 0 Å². The molecule has 2 N–H and O–H groups in total. The van der Waals surface area contributed by atoms with E-state index < -0.39 is 5.97 Å². The van der Waals surface area contributed by atoms with Gasteiger partial charge in [0.2, 0.25) is 0 Å². The number of carboxylic acid groups (broad SMARTS) is 1. The maximum Gasteiger partial charge on any atom is 0.339 e. The Balaban J connectivity index is 1.92. The first kappa shape index (κ1) is 22.5. The van der Waals surface area contributed by atoms with E-state index >= 15 is 0 Å². The van der Waals surface area contributed by atoms with E-state index in [-0.39, 0.29) is 11.3 Å². The molecular weight excluding hydrogens is 324 g/mol. The zero-order valence-corrected chi connectivity index (χ0v) is 16.6. The summed E-state index contributed by atoms with van der Waals surface area (Å²) in [5, 5.41) is 18.6. The number of aryl methyl sites for hydroxylation is 1. The SMILES string of the molecule is CCCCCCCCCCCCCCCCc1ccc(C(=O)O)c(O)c1. The molecule has 1 aromatic carbocycles. The summed E-state index contributed by atoms with van der Waals surface area (Å²) in [5.41, 5.74) is 1.00. The summed E-state index contributed by atoms with van der Waals surface area (Å²) in [6.45, 7) is 2.27. The second-order valence-corrected chi connectivity index (χ2v) is 7.50. The van der Waals surface area contributed by atoms with Crippen molar-refractivity contribution >= 4 is 5.97 Å². The molecule has 0 bridgehead atoms. The average Bonchev–Trinajstić information content (AvgIpc) is 2.61. The van der Waals surface area contributed by atoms with E-state index in [4.69, 9.17) is 5.11 Å². The minimum atomic E-state index is -1.08. The Morgan fingerprint density at radius 1 is 0.769 bits per heavy atom. The lowest BCUT2D eigenvalue weighted by molar-refractivity contribution is 0.0693. The molecule has 1 rings (SSSR count). The number of hydrogen-bond acceptors (Lipinski definition) is 2. The van der Waals surface area contributed by atoms with E-state index in [1.807, 2.05) is 6.07 Å². The van der Waals surface area contributed by atoms with E-state index in [9.17, 15) is 9.90 Å². The number of aromatic carboxylic acids is 1. The molecule has 0 fully saturated rings. The van der Waals surface area contributed by atoms with Crippen LogP contribution in [0.3, 0.4) is 0 Å². The molecule has 0 saturated heterocycles. The normalized spacial score (nSPS) is 11.0. The fourth-order valence-corrected chi connectivity index (χ4v) is 3.44. The van der Waals surface area contributed by atoms with Crippen LogP contribution in [0.2, 0.25) is 0 Å². The van der Waals surface area contributed by atoms with Crippen LogP contribution in [0.5, 0.6) is 5.75 Å². The van der Waals surface area contributed by atoms with Crippen LogP contribution in [0.25, 0.3) is 0 Å². The topological polar surface area (TPSA) is 57.5 Å². The van der Waals surface area contributed by atoms with E-state index in [1.54, 1.807) is 6.07 Å². The van der Waals surface area contributed by atoms with Gasteiger partial charge in [0.15, 0.2) is 0 Å². The number of unbranched alkanes of at least 4 members (excludes halogenated alkanes) is 13. The monoisotopic (exact) mass is 362 g/mol. The third-order valence-corrected chi connectivity index (χ3v) is 5.11. The first-order valence-electron chi connectivity index (χ1n) is 10.7. The summed E-state index contributed by atoms with van der Waals surface area (Å²) in [5.74, 6) is -1.20. The average molecular weight is 363 g/mol. The van der Waals surface area contributed by atoms with Gasteiger partial charge in [0, 0.05) is 0 Å². The van der Waals surface area contributed by atoms with Crippen molar-refractivity contribution < 1.29 is 15.0 Å². The molecule has 0 aliphatic heterocycles. The molecule has 0 aliphatic carbocycles. The van der Waals surface area contributed by atoms with Gasteiger partial charge in [0.25, 0.3) is 0 Å². The molecular formula is C23H38O3. The van der Waals surface area contributed by atoms with Gasteiger partial charge >= 0.3 is 5.97 Å². The van der Waals surface area contributed by atoms with Crippen molar-refractivity contribution in [2.45, 2.75) is 103 Å². The largest absolute Gasteiger partial charge is 0.507 e. The van der Waals surface area contributed by atoms with Gasteiger partial charge in [-0.3, -0.25) is 0 Å². The van der Waals surface area contributed by atoms with Gasteiger partial charge in [0.1, 0.15) is 11.3 Å². The van der Waals surface area contributed by atoms with Gasteiger partial charge in [-0.1, -0.05) is 96.5 Å². The quantitative estimate of drug-likeness (QED) is 0.308. The lowest BCUT2D eigenvalue weighted by Gasteiger charge is -2.05. The maximum atomic E-state index is 10.9. The minimum absolute atomic E-state index is 0.0188. The lowest BCUT2D eigenvalue weighted by atomic mass is 10.0. The molecule has 0 spiro atoms. The van der Waals surface area contributed by atoms with Crippen LogP contribution in [-0.4, -0.2) is 16.2 Å². The Morgan fingerprint density at radius 2 is 1.23 bits per heavy atom. The van der Waals surface area contributed by atoms with Gasteiger partial charge in [-0.25, -0.2) is 4.79 Å². The van der Waals surface area contributed by atoms with Crippen molar-refractivity contribution in [3.8, 4) is 5.75 Å². The highest BCUT2D eigenvalue weighted by Crippen LogP contribution is 2.20. The third kappa shape index (κ3) is 10.5. The van der Waals surface area contributed by atoms with Crippen molar-refractivity contribution in [3.05, 3.63) is 29.3 Å². The second kappa shape index (κ2) is 14.6. The zero-order chi connectivity index (χ0) is 19.0. The van der Waals surface area contributed by atoms with E-state index in [2.05, 4.69) is 6.92 Å². The second-order valence-electron chi connectivity index (χ2n) is 7.50. The number of hydrogen-bond donors (Lipinski definition) is 2. The Morgan fingerprint density at radius 3 is 1.65 bits per heavy atom. The van der Waals surface area contributed by atoms with Crippen LogP contribution in [0, 0.1) is 0 Å². The molecule has 0 unspecified atom stereocenters. The molecule has 0 saturated carbocycles. The summed E-state index contributed by atoms with van der Waals surface area (Å²) >= 11 is 0. The number of carbonyl (C=O) groups is 1. The van der Waals surface area contributed by atoms with Gasteiger partial charge in [0.05, 0.1) is 0 Å². The summed E-state index contributed by atoms with van der Waals surface area (Å²) in [4.78, 5) is 10.9. The number of phenols is 1. The molecule has 0 heterocycles. The molecule has 0 aromatic heterocycles. The highest BCUT2D eigenvalue weighted by atomic mass is 16.4. The Kier molecular flexibility index (Phi) is 12.7. The fraction of sp³-hybridized carbons (Fsp3) is 0.696. The van der Waals surface area contributed by atoms with Crippen molar-refractivity contribution in [1.29, 1.82) is 0 Å². The van der Waals surface area contributed by atoms with Gasteiger partial charge in [-0.15, -0.1) is 0 Å². The first-order valence-corrected chi connectivity index (χ1v) is 10.7. The van der Waals surface area contributed by atoms with Crippen molar-refractivity contribution in [3.63, 3.8) is 0 Å². The Labute approximate surface area is 159 Å². The molecule has 26 heavy (non-hydrogen) atoms. The molecule has 1 aromatic rings. The number of rotatable bonds is 16. The highest BCUT2D eigenvalue weighted by Gasteiger charge is 2.09. The maximum absolute atomic E-state index is 10.9. The van der Waals surface area contributed by atoms with Crippen LogP contribution in [0.4, 0.5) is 0 Å². The van der Waals surface area contributed by atoms with Gasteiger partial charge in [-0.05, 0) is 30.5 Å². The fourth-order valence-electron chi connectivity index (χ4n) is 3.44. The lowest BCUT2D eigenvalue weighted by Crippen LogP contribution is -1.97. The van der Waals surface area contributed by atoms with Crippen LogP contribution in [0.1, 0.15) is 113 Å². The van der Waals surface area contributed by atoms with Crippen molar-refractivity contribution in [2.24, 2.45) is 0 Å². The highest BCUT2D eigenvalue weighted by molar-refractivity contribution is 5.90. The van der Waals surface area contributed by atoms with Gasteiger partial charge < -0.3 is 10.2 Å². The standard InChI is InChI=1S/C23H38O3/c1-2-3-4-5-6-7-8-9-10-11-12-13-14-15-16-20-17-18-21(23(25)26)22(24)19-20/h17-19,24H,2-16H2,1H3,(H,25,26). The molecule has 0 amide bonds. The van der Waals surface area contributed by atoms with Crippen LogP contribution < -0.4 is 0 Å². The van der Waals surface area contributed by atoms with E-state index in [0.29, 0.717) is 0 Å². The smallest absolute Gasteiger partial charge is 0.339 e. The predicted octanol–water partition coefficient (Wildman–Crippen LogP) is 7.11. The minimum Gasteiger partial charge on any atom is -0.507 e. The molecule has 0 radical (unpaired) electrons. The van der Waals surface area contributed by atoms with Crippen LogP contribution in [-0.2, 0) is 6.42 Å². The first-order chi connectivity index (χ1) is 12.6. The predicted molar refractivity (Wildman–Crippen MR) is 109 cm³/mol. The number of carboxylic acids is 1. The van der Waals surface area contributed by atoms with E-state index in [1.165, 1.54) is 89.5 Å². The summed E-state index contributed by atoms with van der Waals surface area (Å²) in [6.07, 6.45) is 19.7. The van der Waals surface area contributed by atoms with Gasteiger partial charge in [-0.2, -0.15) is 0 Å². The van der Waals surface area contributed by atoms with Crippen LogP contribution >= 0.6 is 0 Å². The molecule has 148 valence electrons. The molecule has 3 heteroatoms. The van der Waals surface area contributed by atoms with Crippen LogP contribution in [0.15, 0.2) is 18.2 Å². The summed E-state index contributed by atoms with van der Waals surface area (Å²) in [7, 11) is 0. The summed E-state index contributed by atoms with van der Waals surface area (Å²) < 4.78 is 0. The number of benzene rings is 1. The Bertz CT molecular complexity index is 496. The van der Waals surface area contributed by atoms with E-state index in [0.717, 1.165) is 18.4 Å². The zero-order valence-electron chi connectivity index (χ0n) is 16.6. The molecule has 3 nitrogen and oxygen atoms in total. The third-order valence-electron chi connectivity index (χ3n) is 5.11. The van der Waals surface area contributed by atoms with Crippen molar-refractivity contribution in [2.75, 3.05) is 0 Å². The molecule has 0 atom stereocenters. The molecule has 0 aliphatic rings. The number of aromatic hydroxyl groups is 1.